The van der Waals surface area contributed by atoms with E-state index >= 15 is 0 Å². The van der Waals surface area contributed by atoms with Gasteiger partial charge in [0.2, 0.25) is 0 Å². The Labute approximate surface area is 334 Å². The Bertz CT molecular complexity index is 2330. The lowest BCUT2D eigenvalue weighted by Crippen LogP contribution is -2.03. The van der Waals surface area contributed by atoms with Crippen molar-refractivity contribution < 1.29 is 33.9 Å². The Hall–Kier alpha value is -6.54. The quantitative estimate of drug-likeness (QED) is 0.0901. The zero-order valence-corrected chi connectivity index (χ0v) is 32.0. The van der Waals surface area contributed by atoms with Crippen LogP contribution >= 0.6 is 0 Å². The standard InChI is InChI=1S/C50H46O7/c1-53-48-29-42(32-52)46(30-49(48)56-35-40-15-9-4-10-16-40)45-25-24-44(54-33-38-11-5-2-6-12-38)28-41(45)21-17-36-20-26-47(55-34-39-13-7-3-8-14-39)50(27-36)57-43-22-18-37(31-51)19-23-43/h2-16,18-20,22-30,51-52H,17,21,31-35H2,1H3. The summed E-state index contributed by atoms with van der Waals surface area (Å²) in [6, 6.07) is 53.5. The molecule has 0 amide bonds. The molecule has 0 aromatic heterocycles. The molecule has 0 aliphatic heterocycles. The third-order valence-electron chi connectivity index (χ3n) is 9.67. The average Bonchev–Trinajstić information content (AvgIpc) is 3.27. The van der Waals surface area contributed by atoms with Gasteiger partial charge in [0.15, 0.2) is 23.0 Å². The molecule has 0 aliphatic rings. The molecule has 7 rings (SSSR count). The molecular formula is C50H46O7. The van der Waals surface area contributed by atoms with Crippen LogP contribution in [0.1, 0.15) is 38.9 Å². The molecule has 0 unspecified atom stereocenters. The molecule has 288 valence electrons. The van der Waals surface area contributed by atoms with E-state index in [9.17, 15) is 10.2 Å². The minimum absolute atomic E-state index is 0.0416. The lowest BCUT2D eigenvalue weighted by Gasteiger charge is -2.19. The molecule has 0 fully saturated rings. The van der Waals surface area contributed by atoms with Crippen molar-refractivity contribution in [3.05, 3.63) is 203 Å². The van der Waals surface area contributed by atoms with Gasteiger partial charge in [0.1, 0.15) is 31.3 Å². The summed E-state index contributed by atoms with van der Waals surface area (Å²) in [5.41, 5.74) is 8.60. The number of methoxy groups -OCH3 is 1. The number of benzene rings is 7. The van der Waals surface area contributed by atoms with E-state index in [1.54, 1.807) is 7.11 Å². The first-order valence-corrected chi connectivity index (χ1v) is 19.0. The second-order valence-electron chi connectivity index (χ2n) is 13.6. The Kier molecular flexibility index (Phi) is 13.2. The maximum atomic E-state index is 10.6. The van der Waals surface area contributed by atoms with Gasteiger partial charge in [0.25, 0.3) is 0 Å². The number of aliphatic hydroxyl groups is 2. The molecule has 0 bridgehead atoms. The van der Waals surface area contributed by atoms with Crippen LogP contribution in [-0.2, 0) is 45.9 Å². The van der Waals surface area contributed by atoms with Crippen molar-refractivity contribution >= 4 is 0 Å². The van der Waals surface area contributed by atoms with Crippen molar-refractivity contribution in [2.24, 2.45) is 0 Å². The Balaban J connectivity index is 1.20. The van der Waals surface area contributed by atoms with Crippen molar-refractivity contribution in [1.29, 1.82) is 0 Å². The van der Waals surface area contributed by atoms with Crippen molar-refractivity contribution in [2.75, 3.05) is 7.11 Å². The second-order valence-corrected chi connectivity index (χ2v) is 13.6. The molecule has 7 aromatic carbocycles. The molecule has 7 aromatic rings. The summed E-state index contributed by atoms with van der Waals surface area (Å²) < 4.78 is 31.1. The number of rotatable bonds is 18. The molecule has 0 spiro atoms. The van der Waals surface area contributed by atoms with Crippen LogP contribution in [0.5, 0.6) is 34.5 Å². The molecule has 0 saturated heterocycles. The first kappa shape index (κ1) is 38.7. The SMILES string of the molecule is COc1cc(CO)c(-c2ccc(OCc3ccccc3)cc2CCc2ccc(OCc3ccccc3)c(Oc3ccc(CO)cc3)c2)cc1OCc1ccccc1. The van der Waals surface area contributed by atoms with Gasteiger partial charge >= 0.3 is 0 Å². The van der Waals surface area contributed by atoms with Gasteiger partial charge in [-0.3, -0.25) is 0 Å². The fourth-order valence-corrected chi connectivity index (χ4v) is 6.57. The average molecular weight is 759 g/mol. The predicted octanol–water partition coefficient (Wildman–Crippen LogP) is 10.7. The van der Waals surface area contributed by atoms with Crippen LogP contribution in [-0.4, -0.2) is 17.3 Å². The summed E-state index contributed by atoms with van der Waals surface area (Å²) in [5.74, 6) is 3.75. The molecule has 2 N–H and O–H groups in total. The van der Waals surface area contributed by atoms with Gasteiger partial charge in [-0.2, -0.15) is 0 Å². The van der Waals surface area contributed by atoms with Gasteiger partial charge < -0.3 is 33.9 Å². The molecule has 7 heteroatoms. The molecule has 0 aliphatic carbocycles. The Morgan fingerprint density at radius 3 is 1.56 bits per heavy atom. The van der Waals surface area contributed by atoms with Gasteiger partial charge in [-0.25, -0.2) is 0 Å². The molecule has 0 atom stereocenters. The predicted molar refractivity (Wildman–Crippen MR) is 223 cm³/mol. The van der Waals surface area contributed by atoms with E-state index in [1.165, 1.54) is 0 Å². The number of aliphatic hydroxyl groups excluding tert-OH is 2. The number of ether oxygens (including phenoxy) is 5. The lowest BCUT2D eigenvalue weighted by molar-refractivity contribution is 0.275. The van der Waals surface area contributed by atoms with Crippen LogP contribution in [0.15, 0.2) is 164 Å². The van der Waals surface area contributed by atoms with Crippen molar-refractivity contribution in [1.82, 2.24) is 0 Å². The number of hydrogen-bond donors (Lipinski definition) is 2. The number of aryl methyl sites for hydroxylation is 2. The molecule has 0 heterocycles. The van der Waals surface area contributed by atoms with E-state index < -0.39 is 0 Å². The second kappa shape index (κ2) is 19.4. The van der Waals surface area contributed by atoms with E-state index in [0.717, 1.165) is 55.8 Å². The van der Waals surface area contributed by atoms with E-state index in [2.05, 4.69) is 18.2 Å². The molecular weight excluding hydrogens is 713 g/mol. The summed E-state index contributed by atoms with van der Waals surface area (Å²) in [6.07, 6.45) is 1.33. The van der Waals surface area contributed by atoms with Gasteiger partial charge in [0, 0.05) is 0 Å². The highest BCUT2D eigenvalue weighted by Crippen LogP contribution is 2.40. The van der Waals surface area contributed by atoms with Crippen molar-refractivity contribution in [3.63, 3.8) is 0 Å². The smallest absolute Gasteiger partial charge is 0.169 e. The van der Waals surface area contributed by atoms with Crippen LogP contribution in [0.25, 0.3) is 11.1 Å². The minimum atomic E-state index is -0.180. The van der Waals surface area contributed by atoms with Crippen LogP contribution in [0.2, 0.25) is 0 Å². The highest BCUT2D eigenvalue weighted by molar-refractivity contribution is 5.75. The summed E-state index contributed by atoms with van der Waals surface area (Å²) in [7, 11) is 1.61. The molecule has 57 heavy (non-hydrogen) atoms. The zero-order valence-electron chi connectivity index (χ0n) is 32.0. The van der Waals surface area contributed by atoms with Gasteiger partial charge in [-0.15, -0.1) is 0 Å². The third kappa shape index (κ3) is 10.4. The lowest BCUT2D eigenvalue weighted by atomic mass is 9.91. The largest absolute Gasteiger partial charge is 0.493 e. The highest BCUT2D eigenvalue weighted by atomic mass is 16.5. The zero-order chi connectivity index (χ0) is 39.2. The fraction of sp³-hybridized carbons (Fsp3) is 0.160. The van der Waals surface area contributed by atoms with E-state index in [1.807, 2.05) is 146 Å². The maximum absolute atomic E-state index is 10.6. The molecule has 0 radical (unpaired) electrons. The van der Waals surface area contributed by atoms with Crippen LogP contribution in [0.4, 0.5) is 0 Å². The minimum Gasteiger partial charge on any atom is -0.493 e. The molecule has 7 nitrogen and oxygen atoms in total. The van der Waals surface area contributed by atoms with E-state index in [0.29, 0.717) is 61.4 Å². The summed E-state index contributed by atoms with van der Waals surface area (Å²) in [4.78, 5) is 0. The summed E-state index contributed by atoms with van der Waals surface area (Å²) in [5, 5.41) is 20.2. The number of hydrogen-bond acceptors (Lipinski definition) is 7. The summed E-state index contributed by atoms with van der Waals surface area (Å²) in [6.45, 7) is 0.979. The molecule has 0 saturated carbocycles. The van der Waals surface area contributed by atoms with Gasteiger partial charge in [-0.1, -0.05) is 115 Å². The van der Waals surface area contributed by atoms with Crippen molar-refractivity contribution in [3.8, 4) is 45.6 Å². The van der Waals surface area contributed by atoms with E-state index in [-0.39, 0.29) is 13.2 Å². The normalized spacial score (nSPS) is 10.9. The van der Waals surface area contributed by atoms with Crippen LogP contribution in [0.3, 0.4) is 0 Å². The monoisotopic (exact) mass is 758 g/mol. The topological polar surface area (TPSA) is 86.6 Å². The van der Waals surface area contributed by atoms with Gasteiger partial charge in [0.05, 0.1) is 20.3 Å². The van der Waals surface area contributed by atoms with E-state index in [4.69, 9.17) is 23.7 Å². The first-order valence-electron chi connectivity index (χ1n) is 19.0. The Morgan fingerprint density at radius 1 is 0.386 bits per heavy atom. The third-order valence-corrected chi connectivity index (χ3v) is 9.67. The summed E-state index contributed by atoms with van der Waals surface area (Å²) >= 11 is 0. The Morgan fingerprint density at radius 2 is 0.965 bits per heavy atom. The maximum Gasteiger partial charge on any atom is 0.169 e. The first-order chi connectivity index (χ1) is 28.1. The van der Waals surface area contributed by atoms with Crippen molar-refractivity contribution in [2.45, 2.75) is 45.9 Å². The van der Waals surface area contributed by atoms with Gasteiger partial charge in [-0.05, 0) is 111 Å². The highest BCUT2D eigenvalue weighted by Gasteiger charge is 2.18. The van der Waals surface area contributed by atoms with Crippen LogP contribution < -0.4 is 23.7 Å². The fourth-order valence-electron chi connectivity index (χ4n) is 6.57. The van der Waals surface area contributed by atoms with Crippen LogP contribution in [0, 0.1) is 0 Å².